The van der Waals surface area contributed by atoms with Crippen LogP contribution in [0.15, 0.2) is 22.7 Å². The molecule has 4 heteroatoms. The van der Waals surface area contributed by atoms with Crippen LogP contribution in [0.25, 0.3) is 0 Å². The molecule has 1 rings (SSSR count). The van der Waals surface area contributed by atoms with E-state index < -0.39 is 0 Å². The molecule has 0 aliphatic carbocycles. The van der Waals surface area contributed by atoms with Gasteiger partial charge >= 0.3 is 0 Å². The van der Waals surface area contributed by atoms with Crippen LogP contribution in [0.5, 0.6) is 0 Å². The smallest absolute Gasteiger partial charge is 0.124 e. The Morgan fingerprint density at radius 3 is 2.93 bits per heavy atom. The number of hydrogen-bond acceptors (Lipinski definition) is 2. The first-order valence-electron chi connectivity index (χ1n) is 4.96. The van der Waals surface area contributed by atoms with Crippen LogP contribution in [-0.2, 0) is 11.3 Å². The fourth-order valence-corrected chi connectivity index (χ4v) is 1.67. The lowest BCUT2D eigenvalue weighted by molar-refractivity contribution is 0.149. The van der Waals surface area contributed by atoms with Crippen LogP contribution in [0.1, 0.15) is 12.5 Å². The molecule has 0 saturated carbocycles. The highest BCUT2D eigenvalue weighted by Gasteiger charge is 2.00. The molecule has 1 aromatic carbocycles. The van der Waals surface area contributed by atoms with Crippen molar-refractivity contribution in [2.24, 2.45) is 0 Å². The molecule has 1 N–H and O–H groups in total. The molecule has 0 aliphatic rings. The highest BCUT2D eigenvalue weighted by atomic mass is 79.9. The Labute approximate surface area is 98.0 Å². The first kappa shape index (κ1) is 12.6. The van der Waals surface area contributed by atoms with Gasteiger partial charge in [-0.25, -0.2) is 4.39 Å². The van der Waals surface area contributed by atoms with E-state index in [0.717, 1.165) is 23.2 Å². The zero-order chi connectivity index (χ0) is 11.1. The van der Waals surface area contributed by atoms with E-state index in [4.69, 9.17) is 4.74 Å². The van der Waals surface area contributed by atoms with Gasteiger partial charge in [0, 0.05) is 24.2 Å². The number of hydrogen-bond donors (Lipinski definition) is 1. The summed E-state index contributed by atoms with van der Waals surface area (Å²) in [6, 6.07) is 4.71. The van der Waals surface area contributed by atoms with Crippen LogP contribution in [0.3, 0.4) is 0 Å². The van der Waals surface area contributed by atoms with Gasteiger partial charge in [0.05, 0.1) is 6.61 Å². The molecule has 0 saturated heterocycles. The van der Waals surface area contributed by atoms with E-state index in [1.807, 2.05) is 6.92 Å². The summed E-state index contributed by atoms with van der Waals surface area (Å²) in [5, 5.41) is 3.22. The van der Waals surface area contributed by atoms with Crippen molar-refractivity contribution in [1.82, 2.24) is 5.32 Å². The summed E-state index contributed by atoms with van der Waals surface area (Å²) in [7, 11) is 0. The predicted octanol–water partition coefficient (Wildman–Crippen LogP) is 2.71. The van der Waals surface area contributed by atoms with Gasteiger partial charge in [0.2, 0.25) is 0 Å². The average Bonchev–Trinajstić information content (AvgIpc) is 2.20. The van der Waals surface area contributed by atoms with Gasteiger partial charge in [-0.15, -0.1) is 0 Å². The third-order valence-corrected chi connectivity index (χ3v) is 2.70. The maximum absolute atomic E-state index is 12.8. The molecular formula is C11H15BrFNO. The zero-order valence-electron chi connectivity index (χ0n) is 8.72. The van der Waals surface area contributed by atoms with Crippen molar-refractivity contribution in [3.8, 4) is 0 Å². The third kappa shape index (κ3) is 4.73. The third-order valence-electron chi connectivity index (χ3n) is 1.96. The van der Waals surface area contributed by atoms with Crippen LogP contribution in [0, 0.1) is 5.82 Å². The maximum Gasteiger partial charge on any atom is 0.124 e. The summed E-state index contributed by atoms with van der Waals surface area (Å²) in [6.45, 7) is 4.93. The van der Waals surface area contributed by atoms with Gasteiger partial charge in [0.15, 0.2) is 0 Å². The Morgan fingerprint density at radius 2 is 2.27 bits per heavy atom. The highest BCUT2D eigenvalue weighted by Crippen LogP contribution is 2.17. The molecule has 0 aliphatic heterocycles. The molecule has 0 aromatic heterocycles. The fourth-order valence-electron chi connectivity index (χ4n) is 1.18. The summed E-state index contributed by atoms with van der Waals surface area (Å²) < 4.78 is 18.8. The van der Waals surface area contributed by atoms with Crippen molar-refractivity contribution in [3.63, 3.8) is 0 Å². The summed E-state index contributed by atoms with van der Waals surface area (Å²) >= 11 is 3.32. The maximum atomic E-state index is 12.8. The van der Waals surface area contributed by atoms with Crippen molar-refractivity contribution in [1.29, 1.82) is 0 Å². The average molecular weight is 276 g/mol. The van der Waals surface area contributed by atoms with Crippen LogP contribution in [0.4, 0.5) is 4.39 Å². The standard InChI is InChI=1S/C11H15BrFNO/c1-2-15-6-5-14-8-9-3-4-10(13)7-11(9)12/h3-4,7,14H,2,5-6,8H2,1H3. The highest BCUT2D eigenvalue weighted by molar-refractivity contribution is 9.10. The van der Waals surface area contributed by atoms with E-state index in [2.05, 4.69) is 21.2 Å². The quantitative estimate of drug-likeness (QED) is 0.807. The van der Waals surface area contributed by atoms with Crippen LogP contribution < -0.4 is 5.32 Å². The van der Waals surface area contributed by atoms with Crippen LogP contribution in [-0.4, -0.2) is 19.8 Å². The molecule has 2 nitrogen and oxygen atoms in total. The lowest BCUT2D eigenvalue weighted by Gasteiger charge is -2.06. The van der Waals surface area contributed by atoms with Crippen molar-refractivity contribution in [2.45, 2.75) is 13.5 Å². The minimum atomic E-state index is -0.222. The summed E-state index contributed by atoms with van der Waals surface area (Å²) in [6.07, 6.45) is 0. The van der Waals surface area contributed by atoms with E-state index >= 15 is 0 Å². The van der Waals surface area contributed by atoms with Gasteiger partial charge in [-0.2, -0.15) is 0 Å². The van der Waals surface area contributed by atoms with E-state index in [0.29, 0.717) is 13.2 Å². The van der Waals surface area contributed by atoms with Gasteiger partial charge in [-0.05, 0) is 24.6 Å². The Morgan fingerprint density at radius 1 is 1.47 bits per heavy atom. The molecule has 84 valence electrons. The molecule has 0 heterocycles. The Bertz CT molecular complexity index is 307. The summed E-state index contributed by atoms with van der Waals surface area (Å²) in [5.41, 5.74) is 1.05. The van der Waals surface area contributed by atoms with Gasteiger partial charge in [0.25, 0.3) is 0 Å². The second-order valence-electron chi connectivity index (χ2n) is 3.11. The lowest BCUT2D eigenvalue weighted by Crippen LogP contribution is -2.19. The Kier molecular flexibility index (Phi) is 5.83. The normalized spacial score (nSPS) is 10.6. The van der Waals surface area contributed by atoms with Crippen molar-refractivity contribution < 1.29 is 9.13 Å². The fraction of sp³-hybridized carbons (Fsp3) is 0.455. The topological polar surface area (TPSA) is 21.3 Å². The number of benzene rings is 1. The number of rotatable bonds is 6. The van der Waals surface area contributed by atoms with Crippen LogP contribution in [0.2, 0.25) is 0 Å². The molecule has 1 aromatic rings. The Hall–Kier alpha value is -0.450. The molecule has 0 spiro atoms. The zero-order valence-corrected chi connectivity index (χ0v) is 10.3. The van der Waals surface area contributed by atoms with E-state index in [-0.39, 0.29) is 5.82 Å². The molecule has 0 bridgehead atoms. The number of halogens is 2. The van der Waals surface area contributed by atoms with Gasteiger partial charge in [-0.1, -0.05) is 22.0 Å². The molecule has 0 atom stereocenters. The number of nitrogens with one attached hydrogen (secondary N) is 1. The molecular weight excluding hydrogens is 261 g/mol. The van der Waals surface area contributed by atoms with Crippen molar-refractivity contribution in [3.05, 3.63) is 34.1 Å². The monoisotopic (exact) mass is 275 g/mol. The van der Waals surface area contributed by atoms with E-state index in [1.54, 1.807) is 6.07 Å². The second-order valence-corrected chi connectivity index (χ2v) is 3.96. The molecule has 0 radical (unpaired) electrons. The second kappa shape index (κ2) is 6.93. The van der Waals surface area contributed by atoms with Gasteiger partial charge in [-0.3, -0.25) is 0 Å². The summed E-state index contributed by atoms with van der Waals surface area (Å²) in [5.74, 6) is -0.222. The molecule has 0 amide bonds. The minimum Gasteiger partial charge on any atom is -0.380 e. The largest absolute Gasteiger partial charge is 0.380 e. The summed E-state index contributed by atoms with van der Waals surface area (Å²) in [4.78, 5) is 0. The predicted molar refractivity (Wildman–Crippen MR) is 62.3 cm³/mol. The van der Waals surface area contributed by atoms with E-state index in [1.165, 1.54) is 12.1 Å². The first-order chi connectivity index (χ1) is 7.24. The van der Waals surface area contributed by atoms with Gasteiger partial charge < -0.3 is 10.1 Å². The van der Waals surface area contributed by atoms with Crippen LogP contribution >= 0.6 is 15.9 Å². The van der Waals surface area contributed by atoms with Gasteiger partial charge in [0.1, 0.15) is 5.82 Å². The SMILES string of the molecule is CCOCCNCc1ccc(F)cc1Br. The minimum absolute atomic E-state index is 0.222. The molecule has 15 heavy (non-hydrogen) atoms. The molecule has 0 unspecified atom stereocenters. The van der Waals surface area contributed by atoms with Crippen molar-refractivity contribution in [2.75, 3.05) is 19.8 Å². The lowest BCUT2D eigenvalue weighted by atomic mass is 10.2. The Balaban J connectivity index is 2.31. The molecule has 0 fully saturated rings. The van der Waals surface area contributed by atoms with Crippen molar-refractivity contribution >= 4 is 15.9 Å². The van der Waals surface area contributed by atoms with E-state index in [9.17, 15) is 4.39 Å². The first-order valence-corrected chi connectivity index (χ1v) is 5.75. The number of ether oxygens (including phenoxy) is 1.